The Morgan fingerprint density at radius 3 is 2.35 bits per heavy atom. The Morgan fingerprint density at radius 2 is 1.70 bits per heavy atom. The number of ether oxygens (including phenoxy) is 2. The lowest BCUT2D eigenvalue weighted by Gasteiger charge is -2.13. The van der Waals surface area contributed by atoms with Gasteiger partial charge in [0.2, 0.25) is 5.91 Å². The first-order valence-electron chi connectivity index (χ1n) is 7.77. The number of nitrogens with one attached hydrogen (secondary N) is 1. The predicted molar refractivity (Wildman–Crippen MR) is 90.8 cm³/mol. The highest BCUT2D eigenvalue weighted by Crippen LogP contribution is 2.16. The van der Waals surface area contributed by atoms with Gasteiger partial charge in [0, 0.05) is 5.92 Å². The monoisotopic (exact) mass is 313 g/mol. The number of carbonyl (C=O) groups is 1. The standard InChI is InChI=1S/C19H23NO3/c1-15(14-16-6-4-3-5-7-16)19(21)20-12-13-23-18-10-8-17(22-2)9-11-18/h3-11,15H,12-14H2,1-2H3,(H,20,21). The van der Waals surface area contributed by atoms with Crippen molar-refractivity contribution in [2.75, 3.05) is 20.3 Å². The van der Waals surface area contributed by atoms with E-state index in [4.69, 9.17) is 9.47 Å². The van der Waals surface area contributed by atoms with Crippen LogP contribution in [0.25, 0.3) is 0 Å². The van der Waals surface area contributed by atoms with E-state index in [1.165, 1.54) is 5.56 Å². The first-order chi connectivity index (χ1) is 11.2. The molecule has 0 aromatic heterocycles. The van der Waals surface area contributed by atoms with Crippen LogP contribution in [0.4, 0.5) is 0 Å². The van der Waals surface area contributed by atoms with E-state index < -0.39 is 0 Å². The maximum Gasteiger partial charge on any atom is 0.223 e. The molecule has 0 aliphatic carbocycles. The van der Waals surface area contributed by atoms with E-state index in [0.717, 1.165) is 17.9 Å². The lowest BCUT2D eigenvalue weighted by atomic mass is 10.0. The minimum Gasteiger partial charge on any atom is -0.497 e. The molecule has 122 valence electrons. The highest BCUT2D eigenvalue weighted by Gasteiger charge is 2.12. The number of amides is 1. The summed E-state index contributed by atoms with van der Waals surface area (Å²) < 4.78 is 10.7. The van der Waals surface area contributed by atoms with Gasteiger partial charge in [0.05, 0.1) is 13.7 Å². The molecule has 2 aromatic carbocycles. The quantitative estimate of drug-likeness (QED) is 0.762. The van der Waals surface area contributed by atoms with Crippen LogP contribution in [0, 0.1) is 5.92 Å². The van der Waals surface area contributed by atoms with E-state index in [1.54, 1.807) is 7.11 Å². The van der Waals surface area contributed by atoms with Crippen molar-refractivity contribution in [3.63, 3.8) is 0 Å². The zero-order valence-corrected chi connectivity index (χ0v) is 13.6. The van der Waals surface area contributed by atoms with Crippen molar-refractivity contribution in [3.05, 3.63) is 60.2 Å². The summed E-state index contributed by atoms with van der Waals surface area (Å²) in [6.07, 6.45) is 0.742. The van der Waals surface area contributed by atoms with E-state index in [-0.39, 0.29) is 11.8 Å². The average Bonchev–Trinajstić information content (AvgIpc) is 2.60. The molecule has 2 rings (SSSR count). The lowest BCUT2D eigenvalue weighted by Crippen LogP contribution is -2.33. The minimum absolute atomic E-state index is 0.0483. The van der Waals surface area contributed by atoms with Gasteiger partial charge in [-0.25, -0.2) is 0 Å². The maximum absolute atomic E-state index is 12.1. The van der Waals surface area contributed by atoms with Gasteiger partial charge in [-0.2, -0.15) is 0 Å². The van der Waals surface area contributed by atoms with Crippen molar-refractivity contribution in [2.45, 2.75) is 13.3 Å². The molecule has 0 radical (unpaired) electrons. The molecule has 1 atom stereocenters. The fourth-order valence-electron chi connectivity index (χ4n) is 2.25. The van der Waals surface area contributed by atoms with Gasteiger partial charge in [0.25, 0.3) is 0 Å². The van der Waals surface area contributed by atoms with Crippen molar-refractivity contribution in [3.8, 4) is 11.5 Å². The van der Waals surface area contributed by atoms with Crippen LogP contribution in [0.5, 0.6) is 11.5 Å². The van der Waals surface area contributed by atoms with Crippen LogP contribution < -0.4 is 14.8 Å². The number of hydrogen-bond acceptors (Lipinski definition) is 3. The van der Waals surface area contributed by atoms with Crippen LogP contribution in [-0.4, -0.2) is 26.2 Å². The molecular formula is C19H23NO3. The fourth-order valence-corrected chi connectivity index (χ4v) is 2.25. The molecule has 0 heterocycles. The summed E-state index contributed by atoms with van der Waals surface area (Å²) in [6, 6.07) is 17.4. The Bertz CT molecular complexity index is 596. The summed E-state index contributed by atoms with van der Waals surface area (Å²) in [6.45, 7) is 2.87. The molecular weight excluding hydrogens is 290 g/mol. The second-order valence-corrected chi connectivity index (χ2v) is 5.41. The fraction of sp³-hybridized carbons (Fsp3) is 0.316. The molecule has 0 fully saturated rings. The number of methoxy groups -OCH3 is 1. The van der Waals surface area contributed by atoms with Gasteiger partial charge in [-0.05, 0) is 36.2 Å². The molecule has 0 bridgehead atoms. The second-order valence-electron chi connectivity index (χ2n) is 5.41. The minimum atomic E-state index is -0.0570. The third-order valence-corrected chi connectivity index (χ3v) is 3.56. The van der Waals surface area contributed by atoms with Crippen molar-refractivity contribution in [1.29, 1.82) is 0 Å². The highest BCUT2D eigenvalue weighted by molar-refractivity contribution is 5.78. The molecule has 0 saturated carbocycles. The average molecular weight is 313 g/mol. The van der Waals surface area contributed by atoms with Gasteiger partial charge in [-0.15, -0.1) is 0 Å². The van der Waals surface area contributed by atoms with E-state index in [0.29, 0.717) is 13.2 Å². The van der Waals surface area contributed by atoms with E-state index in [2.05, 4.69) is 5.32 Å². The third-order valence-electron chi connectivity index (χ3n) is 3.56. The number of hydrogen-bond donors (Lipinski definition) is 1. The van der Waals surface area contributed by atoms with Crippen LogP contribution >= 0.6 is 0 Å². The first-order valence-corrected chi connectivity index (χ1v) is 7.77. The third kappa shape index (κ3) is 5.66. The van der Waals surface area contributed by atoms with Crippen LogP contribution in [0.1, 0.15) is 12.5 Å². The van der Waals surface area contributed by atoms with Crippen molar-refractivity contribution < 1.29 is 14.3 Å². The van der Waals surface area contributed by atoms with Gasteiger partial charge in [-0.3, -0.25) is 4.79 Å². The molecule has 1 N–H and O–H groups in total. The van der Waals surface area contributed by atoms with Crippen molar-refractivity contribution in [1.82, 2.24) is 5.32 Å². The second kappa shape index (κ2) is 8.83. The van der Waals surface area contributed by atoms with Crippen molar-refractivity contribution >= 4 is 5.91 Å². The van der Waals surface area contributed by atoms with Gasteiger partial charge >= 0.3 is 0 Å². The lowest BCUT2D eigenvalue weighted by molar-refractivity contribution is -0.124. The Morgan fingerprint density at radius 1 is 1.04 bits per heavy atom. The summed E-state index contributed by atoms with van der Waals surface area (Å²) in [4.78, 5) is 12.1. The van der Waals surface area contributed by atoms with Gasteiger partial charge in [0.1, 0.15) is 18.1 Å². The summed E-state index contributed by atoms with van der Waals surface area (Å²) in [5, 5.41) is 2.91. The first kappa shape index (κ1) is 16.9. The summed E-state index contributed by atoms with van der Waals surface area (Å²) in [7, 11) is 1.63. The normalized spacial score (nSPS) is 11.6. The number of carbonyl (C=O) groups excluding carboxylic acids is 1. The molecule has 0 aliphatic rings. The van der Waals surface area contributed by atoms with Gasteiger partial charge in [0.15, 0.2) is 0 Å². The molecule has 1 amide bonds. The molecule has 4 nitrogen and oxygen atoms in total. The molecule has 1 unspecified atom stereocenters. The molecule has 0 aliphatic heterocycles. The Hall–Kier alpha value is -2.49. The number of benzene rings is 2. The molecule has 0 saturated heterocycles. The van der Waals surface area contributed by atoms with Crippen LogP contribution in [0.15, 0.2) is 54.6 Å². The largest absolute Gasteiger partial charge is 0.497 e. The van der Waals surface area contributed by atoms with Crippen LogP contribution in [0.3, 0.4) is 0 Å². The van der Waals surface area contributed by atoms with Gasteiger partial charge in [-0.1, -0.05) is 37.3 Å². The van der Waals surface area contributed by atoms with Crippen molar-refractivity contribution in [2.24, 2.45) is 5.92 Å². The maximum atomic E-state index is 12.1. The Kier molecular flexibility index (Phi) is 6.48. The molecule has 2 aromatic rings. The van der Waals surface area contributed by atoms with Crippen LogP contribution in [0.2, 0.25) is 0 Å². The zero-order valence-electron chi connectivity index (χ0n) is 13.6. The summed E-state index contributed by atoms with van der Waals surface area (Å²) in [5.74, 6) is 1.54. The highest BCUT2D eigenvalue weighted by atomic mass is 16.5. The Balaban J connectivity index is 1.67. The van der Waals surface area contributed by atoms with Gasteiger partial charge < -0.3 is 14.8 Å². The zero-order chi connectivity index (χ0) is 16.5. The number of rotatable bonds is 8. The summed E-state index contributed by atoms with van der Waals surface area (Å²) in [5.41, 5.74) is 1.17. The van der Waals surface area contributed by atoms with E-state index >= 15 is 0 Å². The predicted octanol–water partition coefficient (Wildman–Crippen LogP) is 3.07. The SMILES string of the molecule is COc1ccc(OCCNC(=O)C(C)Cc2ccccc2)cc1. The smallest absolute Gasteiger partial charge is 0.223 e. The van der Waals surface area contributed by atoms with E-state index in [1.807, 2.05) is 61.5 Å². The van der Waals surface area contributed by atoms with Crippen LogP contribution in [-0.2, 0) is 11.2 Å². The molecule has 23 heavy (non-hydrogen) atoms. The topological polar surface area (TPSA) is 47.6 Å². The Labute approximate surface area is 137 Å². The molecule has 4 heteroatoms. The molecule has 0 spiro atoms. The summed E-state index contributed by atoms with van der Waals surface area (Å²) >= 11 is 0. The van der Waals surface area contributed by atoms with E-state index in [9.17, 15) is 4.79 Å².